The first-order chi connectivity index (χ1) is 15.3. The van der Waals surface area contributed by atoms with Crippen LogP contribution in [0.5, 0.6) is 0 Å². The summed E-state index contributed by atoms with van der Waals surface area (Å²) in [6.45, 7) is 3.12. The van der Waals surface area contributed by atoms with Crippen LogP contribution in [0.3, 0.4) is 0 Å². The van der Waals surface area contributed by atoms with Crippen LogP contribution in [-0.2, 0) is 11.3 Å². The summed E-state index contributed by atoms with van der Waals surface area (Å²) in [4.78, 5) is 13.5. The summed E-state index contributed by atoms with van der Waals surface area (Å²) in [7, 11) is 0. The Morgan fingerprint density at radius 1 is 0.935 bits per heavy atom. The zero-order valence-electron chi connectivity index (χ0n) is 17.6. The molecule has 0 bridgehead atoms. The fourth-order valence-electron chi connectivity index (χ4n) is 4.35. The number of aryl methyl sites for hydroxylation is 1. The first-order valence-corrected chi connectivity index (χ1v) is 12.9. The van der Waals surface area contributed by atoms with Crippen LogP contribution in [0.15, 0.2) is 72.8 Å². The van der Waals surface area contributed by atoms with Gasteiger partial charge < -0.3 is 4.57 Å². The van der Waals surface area contributed by atoms with E-state index in [0.717, 1.165) is 34.8 Å². The lowest BCUT2D eigenvalue weighted by molar-refractivity contribution is -0.112. The lowest BCUT2D eigenvalue weighted by Crippen LogP contribution is -2.19. The molecule has 2 nitrogen and oxygen atoms in total. The molecule has 4 aromatic rings. The predicted molar refractivity (Wildman–Crippen MR) is 138 cm³/mol. The number of para-hydroxylation sites is 1. The molecule has 156 valence electrons. The first-order valence-electron chi connectivity index (χ1n) is 10.8. The third kappa shape index (κ3) is 3.95. The number of ketones is 1. The topological polar surface area (TPSA) is 22.0 Å². The number of benzene rings is 3. The molecule has 1 saturated heterocycles. The van der Waals surface area contributed by atoms with Crippen molar-refractivity contribution in [3.05, 3.63) is 83.9 Å². The Morgan fingerprint density at radius 3 is 2.42 bits per heavy atom. The molecule has 0 spiro atoms. The number of allylic oxidation sites excluding steroid dienone is 1. The number of Topliss-reactive ketones (excluding diaryl/α,β-unsaturated/α-hetero) is 1. The first kappa shape index (κ1) is 20.5. The molecule has 0 amide bonds. The summed E-state index contributed by atoms with van der Waals surface area (Å²) >= 11 is 3.57. The Hall–Kier alpha value is -2.43. The number of aromatic nitrogens is 1. The molecule has 0 unspecified atom stereocenters. The molecule has 4 heteroatoms. The summed E-state index contributed by atoms with van der Waals surface area (Å²) in [6.07, 6.45) is 3.27. The highest BCUT2D eigenvalue weighted by Crippen LogP contribution is 2.36. The van der Waals surface area contributed by atoms with Gasteiger partial charge in [-0.15, -0.1) is 23.5 Å². The van der Waals surface area contributed by atoms with E-state index in [9.17, 15) is 4.79 Å². The van der Waals surface area contributed by atoms with E-state index >= 15 is 0 Å². The van der Waals surface area contributed by atoms with Gasteiger partial charge in [0, 0.05) is 33.9 Å². The Morgan fingerprint density at radius 2 is 1.65 bits per heavy atom. The fourth-order valence-corrected chi connectivity index (χ4v) is 7.10. The summed E-state index contributed by atoms with van der Waals surface area (Å²) in [5.41, 5.74) is 5.38. The highest BCUT2D eigenvalue weighted by atomic mass is 32.2. The minimum absolute atomic E-state index is 0.00839. The lowest BCUT2D eigenvalue weighted by Gasteiger charge is -2.21. The van der Waals surface area contributed by atoms with Gasteiger partial charge >= 0.3 is 0 Å². The fraction of sp³-hybridized carbons (Fsp3) is 0.222. The second-order valence-corrected chi connectivity index (χ2v) is 10.5. The van der Waals surface area contributed by atoms with Crippen molar-refractivity contribution >= 4 is 62.8 Å². The highest BCUT2D eigenvalue weighted by Gasteiger charge is 2.26. The number of carbonyl (C=O) groups excluding carboxylic acids is 1. The number of thioether (sulfide) groups is 2. The van der Waals surface area contributed by atoms with Gasteiger partial charge in [0.15, 0.2) is 5.78 Å². The van der Waals surface area contributed by atoms with Crippen molar-refractivity contribution in [1.29, 1.82) is 0 Å². The van der Waals surface area contributed by atoms with Gasteiger partial charge in [-0.1, -0.05) is 54.6 Å². The van der Waals surface area contributed by atoms with Gasteiger partial charge in [0.2, 0.25) is 0 Å². The second-order valence-electron chi connectivity index (χ2n) is 7.75. The minimum atomic E-state index is -0.00839. The molecular formula is C27H25NOS2. The average Bonchev–Trinajstić information content (AvgIpc) is 3.16. The SMILES string of the molecule is CCn1c2ccccc2c2cc(C=C(C(=O)C3SCCCS3)c3ccccc3)ccc21. The Labute approximate surface area is 191 Å². The number of fused-ring (bicyclic) bond motifs is 3. The van der Waals surface area contributed by atoms with Gasteiger partial charge in [0.05, 0.1) is 0 Å². The standard InChI is InChI=1S/C27H25NOS2/c1-2-28-24-12-7-6-11-21(24)23-18-19(13-14-25(23)28)17-22(20-9-4-3-5-10-20)26(29)27-30-15-8-16-31-27/h3-7,9-14,17-18,27H,2,8,15-16H2,1H3. The summed E-state index contributed by atoms with van der Waals surface area (Å²) in [5, 5.41) is 2.51. The zero-order valence-corrected chi connectivity index (χ0v) is 19.2. The third-order valence-corrected chi connectivity index (χ3v) is 8.71. The molecule has 31 heavy (non-hydrogen) atoms. The van der Waals surface area contributed by atoms with Crippen molar-refractivity contribution in [1.82, 2.24) is 4.57 Å². The van der Waals surface area contributed by atoms with Crippen LogP contribution in [0.1, 0.15) is 24.5 Å². The smallest absolute Gasteiger partial charge is 0.186 e. The van der Waals surface area contributed by atoms with Crippen LogP contribution in [0.4, 0.5) is 0 Å². The van der Waals surface area contributed by atoms with Gasteiger partial charge in [-0.2, -0.15) is 0 Å². The molecule has 5 rings (SSSR count). The predicted octanol–water partition coefficient (Wildman–Crippen LogP) is 7.12. The van der Waals surface area contributed by atoms with Gasteiger partial charge in [0.1, 0.15) is 4.58 Å². The highest BCUT2D eigenvalue weighted by molar-refractivity contribution is 8.18. The van der Waals surface area contributed by atoms with E-state index < -0.39 is 0 Å². The van der Waals surface area contributed by atoms with Gasteiger partial charge in [-0.3, -0.25) is 4.79 Å². The molecule has 0 aliphatic carbocycles. The normalized spacial score (nSPS) is 15.6. The van der Waals surface area contributed by atoms with Gasteiger partial charge in [0.25, 0.3) is 0 Å². The lowest BCUT2D eigenvalue weighted by atomic mass is 9.99. The van der Waals surface area contributed by atoms with Crippen LogP contribution in [0.2, 0.25) is 0 Å². The van der Waals surface area contributed by atoms with Crippen molar-refractivity contribution in [3.63, 3.8) is 0 Å². The molecule has 1 aliphatic rings. The number of hydrogen-bond donors (Lipinski definition) is 0. The number of hydrogen-bond acceptors (Lipinski definition) is 3. The average molecular weight is 444 g/mol. The van der Waals surface area contributed by atoms with E-state index in [1.165, 1.54) is 28.2 Å². The van der Waals surface area contributed by atoms with Crippen molar-refractivity contribution in [3.8, 4) is 0 Å². The Kier molecular flexibility index (Phi) is 5.93. The van der Waals surface area contributed by atoms with Crippen LogP contribution in [0, 0.1) is 0 Å². The third-order valence-electron chi connectivity index (χ3n) is 5.82. The maximum absolute atomic E-state index is 13.5. The Bertz CT molecular complexity index is 1270. The molecule has 1 aromatic heterocycles. The largest absolute Gasteiger partial charge is 0.341 e. The molecule has 0 saturated carbocycles. The Balaban J connectivity index is 1.64. The van der Waals surface area contributed by atoms with E-state index in [2.05, 4.69) is 60.0 Å². The maximum atomic E-state index is 13.5. The molecular weight excluding hydrogens is 418 g/mol. The summed E-state index contributed by atoms with van der Waals surface area (Å²) in [6, 6.07) is 25.3. The van der Waals surface area contributed by atoms with E-state index in [1.54, 1.807) is 23.5 Å². The molecule has 0 radical (unpaired) electrons. The molecule has 3 aromatic carbocycles. The van der Waals surface area contributed by atoms with Crippen LogP contribution in [-0.4, -0.2) is 26.4 Å². The van der Waals surface area contributed by atoms with Crippen molar-refractivity contribution in [2.75, 3.05) is 11.5 Å². The molecule has 0 N–H and O–H groups in total. The van der Waals surface area contributed by atoms with Crippen molar-refractivity contribution in [2.24, 2.45) is 0 Å². The summed E-state index contributed by atoms with van der Waals surface area (Å²) < 4.78 is 2.35. The van der Waals surface area contributed by atoms with E-state index in [1.807, 2.05) is 30.3 Å². The number of carbonyl (C=O) groups is 1. The molecule has 1 fully saturated rings. The maximum Gasteiger partial charge on any atom is 0.186 e. The van der Waals surface area contributed by atoms with E-state index in [-0.39, 0.29) is 10.4 Å². The van der Waals surface area contributed by atoms with Crippen molar-refractivity contribution in [2.45, 2.75) is 24.5 Å². The van der Waals surface area contributed by atoms with Gasteiger partial charge in [-0.05, 0) is 60.3 Å². The zero-order chi connectivity index (χ0) is 21.2. The molecule has 0 atom stereocenters. The molecule has 2 heterocycles. The summed E-state index contributed by atoms with van der Waals surface area (Å²) in [5.74, 6) is 2.36. The number of rotatable bonds is 5. The second kappa shape index (κ2) is 8.97. The van der Waals surface area contributed by atoms with Crippen LogP contribution < -0.4 is 0 Å². The number of nitrogens with zero attached hydrogens (tertiary/aromatic N) is 1. The van der Waals surface area contributed by atoms with E-state index in [4.69, 9.17) is 0 Å². The van der Waals surface area contributed by atoms with Crippen LogP contribution >= 0.6 is 23.5 Å². The van der Waals surface area contributed by atoms with Crippen LogP contribution in [0.25, 0.3) is 33.5 Å². The van der Waals surface area contributed by atoms with Crippen molar-refractivity contribution < 1.29 is 4.79 Å². The quantitative estimate of drug-likeness (QED) is 0.242. The minimum Gasteiger partial charge on any atom is -0.341 e. The van der Waals surface area contributed by atoms with Gasteiger partial charge in [-0.25, -0.2) is 0 Å². The monoisotopic (exact) mass is 443 g/mol. The molecule has 1 aliphatic heterocycles. The van der Waals surface area contributed by atoms with E-state index in [0.29, 0.717) is 0 Å².